The van der Waals surface area contributed by atoms with E-state index in [4.69, 9.17) is 21.7 Å². The Hall–Kier alpha value is -2.03. The van der Waals surface area contributed by atoms with Gasteiger partial charge in [-0.3, -0.25) is 9.69 Å². The fourth-order valence-corrected chi connectivity index (χ4v) is 4.32. The van der Waals surface area contributed by atoms with Gasteiger partial charge in [0.2, 0.25) is 0 Å². The molecule has 28 heavy (non-hydrogen) atoms. The molecule has 0 radical (unpaired) electrons. The summed E-state index contributed by atoms with van der Waals surface area (Å²) in [5.74, 6) is 1.02. The summed E-state index contributed by atoms with van der Waals surface area (Å²) in [4.78, 5) is 15.0. The highest BCUT2D eigenvalue weighted by Gasteiger charge is 2.32. The summed E-state index contributed by atoms with van der Waals surface area (Å²) in [6, 6.07) is 10.8. The van der Waals surface area contributed by atoms with Crippen molar-refractivity contribution in [1.29, 1.82) is 0 Å². The number of ether oxygens (including phenoxy) is 2. The SMILES string of the molecule is CCOc1cc(/C=C2\SC(=S)N(Cc3ccc(OC)cc3)C2=O)c(Br)cc1O. The molecular formula is C20H18BrNO4S2. The normalized spacial score (nSPS) is 15.4. The standard InChI is InChI=1S/C20H18BrNO4S2/c1-3-26-17-8-13(15(21)10-16(17)23)9-18-19(24)22(20(27)28-18)11-12-4-6-14(25-2)7-5-12/h4-10,23H,3,11H2,1-2H3/b18-9-. The lowest BCUT2D eigenvalue weighted by molar-refractivity contribution is -0.122. The van der Waals surface area contributed by atoms with Crippen LogP contribution in [-0.2, 0) is 11.3 Å². The molecule has 1 saturated heterocycles. The lowest BCUT2D eigenvalue weighted by Gasteiger charge is -2.14. The average molecular weight is 480 g/mol. The van der Waals surface area contributed by atoms with Crippen LogP contribution in [0.2, 0.25) is 0 Å². The number of methoxy groups -OCH3 is 1. The van der Waals surface area contributed by atoms with E-state index in [1.807, 2.05) is 31.2 Å². The Labute approximate surface area is 181 Å². The topological polar surface area (TPSA) is 59.0 Å². The number of nitrogens with zero attached hydrogens (tertiary/aromatic N) is 1. The number of rotatable bonds is 6. The Balaban J connectivity index is 1.83. The number of carbonyl (C=O) groups excluding carboxylic acids is 1. The smallest absolute Gasteiger partial charge is 0.266 e. The molecule has 1 fully saturated rings. The van der Waals surface area contributed by atoms with E-state index in [-0.39, 0.29) is 11.7 Å². The molecule has 0 unspecified atom stereocenters. The molecule has 1 aliphatic rings. The minimum atomic E-state index is -0.149. The van der Waals surface area contributed by atoms with Crippen molar-refractivity contribution in [2.45, 2.75) is 13.5 Å². The Morgan fingerprint density at radius 1 is 1.29 bits per heavy atom. The number of thiocarbonyl (C=S) groups is 1. The maximum Gasteiger partial charge on any atom is 0.266 e. The van der Waals surface area contributed by atoms with Gasteiger partial charge in [0, 0.05) is 4.47 Å². The highest BCUT2D eigenvalue weighted by Crippen LogP contribution is 2.38. The zero-order valence-corrected chi connectivity index (χ0v) is 18.5. The minimum absolute atomic E-state index is 0.0397. The fraction of sp³-hybridized carbons (Fsp3) is 0.200. The Morgan fingerprint density at radius 3 is 2.64 bits per heavy atom. The molecule has 1 heterocycles. The first-order chi connectivity index (χ1) is 13.4. The van der Waals surface area contributed by atoms with Crippen LogP contribution < -0.4 is 9.47 Å². The van der Waals surface area contributed by atoms with E-state index in [9.17, 15) is 9.90 Å². The molecule has 0 aliphatic carbocycles. The fourth-order valence-electron chi connectivity index (χ4n) is 2.63. The van der Waals surface area contributed by atoms with Crippen LogP contribution in [0.1, 0.15) is 18.1 Å². The quantitative estimate of drug-likeness (QED) is 0.466. The van der Waals surface area contributed by atoms with E-state index >= 15 is 0 Å². The third kappa shape index (κ3) is 4.51. The monoisotopic (exact) mass is 479 g/mol. The first-order valence-electron chi connectivity index (χ1n) is 8.46. The lowest BCUT2D eigenvalue weighted by Crippen LogP contribution is -2.27. The minimum Gasteiger partial charge on any atom is -0.504 e. The van der Waals surface area contributed by atoms with Gasteiger partial charge in [-0.1, -0.05) is 52.0 Å². The molecule has 0 atom stereocenters. The maximum absolute atomic E-state index is 12.9. The molecule has 1 amide bonds. The summed E-state index contributed by atoms with van der Waals surface area (Å²) in [7, 11) is 1.61. The number of amides is 1. The molecule has 2 aromatic carbocycles. The molecule has 0 saturated carbocycles. The zero-order valence-electron chi connectivity index (χ0n) is 15.3. The molecule has 3 rings (SSSR count). The second-order valence-corrected chi connectivity index (χ2v) is 8.42. The Bertz CT molecular complexity index is 944. The van der Waals surface area contributed by atoms with Crippen molar-refractivity contribution in [3.63, 3.8) is 0 Å². The third-order valence-corrected chi connectivity index (χ3v) is 6.10. The predicted octanol–water partition coefficient (Wildman–Crippen LogP) is 4.96. The van der Waals surface area contributed by atoms with E-state index < -0.39 is 0 Å². The molecule has 2 aromatic rings. The van der Waals surface area contributed by atoms with E-state index in [1.54, 1.807) is 30.2 Å². The molecule has 146 valence electrons. The van der Waals surface area contributed by atoms with Gasteiger partial charge in [0.15, 0.2) is 11.5 Å². The van der Waals surface area contributed by atoms with Gasteiger partial charge in [0.1, 0.15) is 10.1 Å². The van der Waals surface area contributed by atoms with Crippen molar-refractivity contribution < 1.29 is 19.4 Å². The van der Waals surface area contributed by atoms with Crippen molar-refractivity contribution in [2.75, 3.05) is 13.7 Å². The number of carbonyl (C=O) groups is 1. The van der Waals surface area contributed by atoms with Gasteiger partial charge in [-0.2, -0.15) is 0 Å². The zero-order chi connectivity index (χ0) is 20.3. The van der Waals surface area contributed by atoms with Crippen LogP contribution in [0, 0.1) is 0 Å². The maximum atomic E-state index is 12.9. The van der Waals surface area contributed by atoms with Crippen LogP contribution >= 0.6 is 39.9 Å². The molecule has 0 bridgehead atoms. The van der Waals surface area contributed by atoms with Gasteiger partial charge in [-0.05, 0) is 48.4 Å². The van der Waals surface area contributed by atoms with Crippen LogP contribution in [0.3, 0.4) is 0 Å². The van der Waals surface area contributed by atoms with Crippen molar-refractivity contribution in [3.05, 3.63) is 56.9 Å². The van der Waals surface area contributed by atoms with Crippen LogP contribution in [0.25, 0.3) is 6.08 Å². The number of phenolic OH excluding ortho intramolecular Hbond substituents is 1. The summed E-state index contributed by atoms with van der Waals surface area (Å²) < 4.78 is 11.8. The highest BCUT2D eigenvalue weighted by atomic mass is 79.9. The summed E-state index contributed by atoms with van der Waals surface area (Å²) >= 11 is 10.1. The van der Waals surface area contributed by atoms with Crippen LogP contribution in [-0.4, -0.2) is 34.0 Å². The lowest BCUT2D eigenvalue weighted by atomic mass is 10.1. The van der Waals surface area contributed by atoms with Gasteiger partial charge in [-0.25, -0.2) is 0 Å². The van der Waals surface area contributed by atoms with E-state index in [0.29, 0.717) is 32.6 Å². The molecule has 5 nitrogen and oxygen atoms in total. The van der Waals surface area contributed by atoms with E-state index in [2.05, 4.69) is 15.9 Å². The molecule has 0 spiro atoms. The molecule has 0 aromatic heterocycles. The molecule has 1 N–H and O–H groups in total. The van der Waals surface area contributed by atoms with Crippen LogP contribution in [0.4, 0.5) is 0 Å². The number of benzene rings is 2. The van der Waals surface area contributed by atoms with Crippen LogP contribution in [0.5, 0.6) is 17.2 Å². The second-order valence-electron chi connectivity index (χ2n) is 5.89. The number of aromatic hydroxyl groups is 1. The summed E-state index contributed by atoms with van der Waals surface area (Å²) in [6.07, 6.45) is 1.75. The second kappa shape index (κ2) is 8.98. The number of halogens is 1. The van der Waals surface area contributed by atoms with Crippen molar-refractivity contribution in [2.24, 2.45) is 0 Å². The van der Waals surface area contributed by atoms with Crippen LogP contribution in [0.15, 0.2) is 45.8 Å². The van der Waals surface area contributed by atoms with Gasteiger partial charge in [0.25, 0.3) is 5.91 Å². The number of phenols is 1. The molecular weight excluding hydrogens is 462 g/mol. The van der Waals surface area contributed by atoms with E-state index in [1.165, 1.54) is 11.8 Å². The molecule has 8 heteroatoms. The number of hydrogen-bond acceptors (Lipinski definition) is 6. The summed E-state index contributed by atoms with van der Waals surface area (Å²) in [6.45, 7) is 2.66. The summed E-state index contributed by atoms with van der Waals surface area (Å²) in [5, 5.41) is 9.96. The highest BCUT2D eigenvalue weighted by molar-refractivity contribution is 9.10. The van der Waals surface area contributed by atoms with Crippen molar-refractivity contribution in [3.8, 4) is 17.2 Å². The van der Waals surface area contributed by atoms with Crippen molar-refractivity contribution >= 4 is 56.2 Å². The van der Waals surface area contributed by atoms with Gasteiger partial charge in [0.05, 0.1) is 25.2 Å². The van der Waals surface area contributed by atoms with E-state index in [0.717, 1.165) is 16.9 Å². The first kappa shape index (κ1) is 20.7. The Kier molecular flexibility index (Phi) is 6.64. The van der Waals surface area contributed by atoms with Crippen molar-refractivity contribution in [1.82, 2.24) is 4.90 Å². The largest absolute Gasteiger partial charge is 0.504 e. The number of hydrogen-bond donors (Lipinski definition) is 1. The first-order valence-corrected chi connectivity index (χ1v) is 10.5. The predicted molar refractivity (Wildman–Crippen MR) is 119 cm³/mol. The molecule has 1 aliphatic heterocycles. The van der Waals surface area contributed by atoms with Gasteiger partial charge in [-0.15, -0.1) is 0 Å². The number of thioether (sulfide) groups is 1. The Morgan fingerprint density at radius 2 is 2.00 bits per heavy atom. The van der Waals surface area contributed by atoms with Gasteiger partial charge >= 0.3 is 0 Å². The third-order valence-electron chi connectivity index (χ3n) is 4.04. The van der Waals surface area contributed by atoms with Gasteiger partial charge < -0.3 is 14.6 Å². The average Bonchev–Trinajstić information content (AvgIpc) is 2.93. The summed E-state index contributed by atoms with van der Waals surface area (Å²) in [5.41, 5.74) is 1.69.